The molecule has 2 aliphatic heterocycles. The summed E-state index contributed by atoms with van der Waals surface area (Å²) in [7, 11) is 0. The monoisotopic (exact) mass is 357 g/mol. The highest BCUT2D eigenvalue weighted by Gasteiger charge is 2.33. The summed E-state index contributed by atoms with van der Waals surface area (Å²) in [4.78, 5) is 5.26. The van der Waals surface area contributed by atoms with Crippen LogP contribution in [0.15, 0.2) is 42.5 Å². The normalized spacial score (nSPS) is 24.3. The minimum absolute atomic E-state index is 0.317. The number of thiophene rings is 1. The second-order valence-electron chi connectivity index (χ2n) is 7.33. The van der Waals surface area contributed by atoms with Crippen LogP contribution in [0.1, 0.15) is 53.5 Å². The Hall–Kier alpha value is -1.20. The molecule has 0 bridgehead atoms. The van der Waals surface area contributed by atoms with Gasteiger partial charge in [-0.15, -0.1) is 11.3 Å². The first kappa shape index (κ1) is 17.2. The van der Waals surface area contributed by atoms with Gasteiger partial charge in [0, 0.05) is 36.0 Å². The molecule has 2 saturated heterocycles. The number of nitrogens with zero attached hydrogens (tertiary/aromatic N) is 1. The van der Waals surface area contributed by atoms with Crippen molar-refractivity contribution in [2.24, 2.45) is 0 Å². The Morgan fingerprint density at radius 1 is 1.08 bits per heavy atom. The summed E-state index contributed by atoms with van der Waals surface area (Å²) < 4.78 is 5.91. The summed E-state index contributed by atoms with van der Waals surface area (Å²) in [6, 6.07) is 14.6. The van der Waals surface area contributed by atoms with Gasteiger partial charge in [0.05, 0.1) is 11.7 Å². The van der Waals surface area contributed by atoms with Gasteiger partial charge in [-0.2, -0.15) is 0 Å². The Kier molecular flexibility index (Phi) is 5.23. The first-order valence-electron chi connectivity index (χ1n) is 9.43. The number of rotatable bonds is 4. The van der Waals surface area contributed by atoms with Gasteiger partial charge in [-0.05, 0) is 49.8 Å². The lowest BCUT2D eigenvalue weighted by atomic mass is 9.84. The van der Waals surface area contributed by atoms with Crippen molar-refractivity contribution in [1.29, 1.82) is 0 Å². The quantitative estimate of drug-likeness (QED) is 0.876. The summed E-state index contributed by atoms with van der Waals surface area (Å²) in [5.74, 6) is 0. The van der Waals surface area contributed by atoms with Crippen LogP contribution in [-0.2, 0) is 16.9 Å². The lowest BCUT2D eigenvalue weighted by molar-refractivity contribution is -0.0275. The van der Waals surface area contributed by atoms with E-state index in [4.69, 9.17) is 4.74 Å². The van der Waals surface area contributed by atoms with Gasteiger partial charge in [-0.25, -0.2) is 0 Å². The predicted octanol–water partition coefficient (Wildman–Crippen LogP) is 4.47. The van der Waals surface area contributed by atoms with Crippen molar-refractivity contribution < 1.29 is 9.84 Å². The van der Waals surface area contributed by atoms with Crippen molar-refractivity contribution in [3.05, 3.63) is 57.8 Å². The Morgan fingerprint density at radius 3 is 2.60 bits per heavy atom. The fraction of sp³-hybridized carbons (Fsp3) is 0.524. The molecule has 0 saturated carbocycles. The van der Waals surface area contributed by atoms with E-state index in [1.54, 1.807) is 0 Å². The molecule has 2 fully saturated rings. The second kappa shape index (κ2) is 7.58. The molecular formula is C21H27NO2S. The highest BCUT2D eigenvalue weighted by atomic mass is 32.1. The average Bonchev–Trinajstić information content (AvgIpc) is 3.14. The minimum atomic E-state index is -0.658. The molecule has 0 spiro atoms. The molecule has 25 heavy (non-hydrogen) atoms. The van der Waals surface area contributed by atoms with E-state index in [0.717, 1.165) is 51.1 Å². The van der Waals surface area contributed by atoms with Crippen molar-refractivity contribution in [2.45, 2.75) is 50.4 Å². The zero-order valence-electron chi connectivity index (χ0n) is 14.7. The Labute approximate surface area is 154 Å². The molecule has 1 aromatic carbocycles. The van der Waals surface area contributed by atoms with E-state index in [2.05, 4.69) is 17.0 Å². The van der Waals surface area contributed by atoms with Gasteiger partial charge in [0.25, 0.3) is 0 Å². The number of hydrogen-bond acceptors (Lipinski definition) is 4. The van der Waals surface area contributed by atoms with Crippen molar-refractivity contribution in [2.75, 3.05) is 19.7 Å². The van der Waals surface area contributed by atoms with Crippen molar-refractivity contribution >= 4 is 11.3 Å². The average molecular weight is 358 g/mol. The number of benzene rings is 1. The van der Waals surface area contributed by atoms with Gasteiger partial charge < -0.3 is 9.84 Å². The van der Waals surface area contributed by atoms with Crippen LogP contribution in [0.5, 0.6) is 0 Å². The van der Waals surface area contributed by atoms with Crippen LogP contribution >= 0.6 is 11.3 Å². The van der Waals surface area contributed by atoms with Gasteiger partial charge in [0.1, 0.15) is 0 Å². The van der Waals surface area contributed by atoms with Gasteiger partial charge in [0.15, 0.2) is 0 Å². The Bertz CT molecular complexity index is 670. The summed E-state index contributed by atoms with van der Waals surface area (Å²) in [5.41, 5.74) is 0.399. The third kappa shape index (κ3) is 3.98. The highest BCUT2D eigenvalue weighted by molar-refractivity contribution is 7.12. The van der Waals surface area contributed by atoms with Gasteiger partial charge in [0.2, 0.25) is 0 Å². The Morgan fingerprint density at radius 2 is 1.88 bits per heavy atom. The molecule has 1 unspecified atom stereocenters. The molecule has 0 radical (unpaired) electrons. The largest absolute Gasteiger partial charge is 0.385 e. The summed E-state index contributed by atoms with van der Waals surface area (Å²) in [5, 5.41) is 11.0. The minimum Gasteiger partial charge on any atom is -0.385 e. The maximum Gasteiger partial charge on any atom is 0.0920 e. The molecule has 2 aliphatic rings. The van der Waals surface area contributed by atoms with Crippen LogP contribution in [0, 0.1) is 0 Å². The summed E-state index contributed by atoms with van der Waals surface area (Å²) in [6.45, 7) is 3.78. The smallest absolute Gasteiger partial charge is 0.0920 e. The first-order chi connectivity index (χ1) is 12.2. The lowest BCUT2D eigenvalue weighted by Gasteiger charge is -2.38. The van der Waals surface area contributed by atoms with Gasteiger partial charge >= 0.3 is 0 Å². The molecule has 1 aromatic heterocycles. The number of hydrogen-bond donors (Lipinski definition) is 1. The molecular weight excluding hydrogens is 330 g/mol. The van der Waals surface area contributed by atoms with Gasteiger partial charge in [-0.3, -0.25) is 4.90 Å². The van der Waals surface area contributed by atoms with Crippen LogP contribution in [0.3, 0.4) is 0 Å². The van der Waals surface area contributed by atoms with Crippen molar-refractivity contribution in [3.8, 4) is 0 Å². The number of likely N-dealkylation sites (tertiary alicyclic amines) is 1. The maximum atomic E-state index is 11.0. The number of aliphatic hydroxyl groups is 1. The molecule has 3 nitrogen and oxygen atoms in total. The standard InChI is InChI=1S/C21H27NO2S/c23-21(17-6-2-1-3-7-17)11-13-22(14-12-21)16-18-9-10-20(25-18)19-8-4-5-15-24-19/h1-3,6-7,9-10,19,23H,4-5,8,11-16H2. The first-order valence-corrected chi connectivity index (χ1v) is 10.3. The summed E-state index contributed by atoms with van der Waals surface area (Å²) in [6.07, 6.45) is 5.57. The van der Waals surface area contributed by atoms with Crippen LogP contribution in [-0.4, -0.2) is 29.7 Å². The molecule has 4 rings (SSSR count). The van der Waals surface area contributed by atoms with Crippen LogP contribution in [0.2, 0.25) is 0 Å². The molecule has 1 atom stereocenters. The van der Waals surface area contributed by atoms with Crippen molar-refractivity contribution in [3.63, 3.8) is 0 Å². The third-order valence-electron chi connectivity index (χ3n) is 5.55. The lowest BCUT2D eigenvalue weighted by Crippen LogP contribution is -2.42. The van der Waals surface area contributed by atoms with Crippen LogP contribution < -0.4 is 0 Å². The molecule has 0 aliphatic carbocycles. The second-order valence-corrected chi connectivity index (χ2v) is 8.53. The number of piperidine rings is 1. The zero-order valence-corrected chi connectivity index (χ0v) is 15.5. The molecule has 0 amide bonds. The third-order valence-corrected chi connectivity index (χ3v) is 6.72. The Balaban J connectivity index is 1.34. The summed E-state index contributed by atoms with van der Waals surface area (Å²) >= 11 is 1.90. The van der Waals surface area contributed by atoms with Crippen molar-refractivity contribution in [1.82, 2.24) is 4.90 Å². The van der Waals surface area contributed by atoms with E-state index >= 15 is 0 Å². The maximum absolute atomic E-state index is 11.0. The van der Waals surface area contributed by atoms with E-state index < -0.39 is 5.60 Å². The topological polar surface area (TPSA) is 32.7 Å². The van der Waals surface area contributed by atoms with E-state index in [1.807, 2.05) is 41.7 Å². The highest BCUT2D eigenvalue weighted by Crippen LogP contribution is 2.35. The van der Waals surface area contributed by atoms with E-state index in [-0.39, 0.29) is 0 Å². The van der Waals surface area contributed by atoms with E-state index in [9.17, 15) is 5.11 Å². The van der Waals surface area contributed by atoms with Gasteiger partial charge in [-0.1, -0.05) is 30.3 Å². The van der Waals surface area contributed by atoms with Crippen LogP contribution in [0.4, 0.5) is 0 Å². The van der Waals surface area contributed by atoms with Crippen LogP contribution in [0.25, 0.3) is 0 Å². The zero-order chi connectivity index (χ0) is 17.1. The molecule has 134 valence electrons. The molecule has 3 heterocycles. The SMILES string of the molecule is OC1(c2ccccc2)CCN(Cc2ccc(C3CCCCO3)s2)CC1. The molecule has 2 aromatic rings. The van der Waals surface area contributed by atoms with E-state index in [0.29, 0.717) is 6.10 Å². The molecule has 4 heteroatoms. The van der Waals surface area contributed by atoms with E-state index in [1.165, 1.54) is 22.6 Å². The molecule has 1 N–H and O–H groups in total. The fourth-order valence-electron chi connectivity index (χ4n) is 3.96. The predicted molar refractivity (Wildman–Crippen MR) is 102 cm³/mol. The number of ether oxygens (including phenoxy) is 1. The fourth-order valence-corrected chi connectivity index (χ4v) is 5.10.